The largest absolute Gasteiger partial charge is 0.469 e. The summed E-state index contributed by atoms with van der Waals surface area (Å²) in [4.78, 5) is 22.3. The minimum atomic E-state index is -0.375. The topological polar surface area (TPSA) is 81.3 Å². The maximum absolute atomic E-state index is 11.3. The van der Waals surface area contributed by atoms with E-state index in [4.69, 9.17) is 16.3 Å². The van der Waals surface area contributed by atoms with Crippen molar-refractivity contribution in [3.63, 3.8) is 0 Å². The Morgan fingerprint density at radius 1 is 1.43 bits per heavy atom. The van der Waals surface area contributed by atoms with Crippen LogP contribution in [0.25, 0.3) is 10.9 Å². The smallest absolute Gasteiger partial charge is 0.305 e. The standard InChI is InChI=1S/C14H15ClN2O4/c1-8(18)21-7-11-9(3-4-13(19)20-2)5-12(15)14-10(11)6-16-17-14/h5-6H,3-4,7H2,1-2H3,(H,16,17). The number of hydrogen-bond acceptors (Lipinski definition) is 5. The van der Waals surface area contributed by atoms with Gasteiger partial charge in [0, 0.05) is 24.3 Å². The van der Waals surface area contributed by atoms with Gasteiger partial charge in [0.2, 0.25) is 0 Å². The second-order valence-electron chi connectivity index (χ2n) is 4.51. The molecule has 2 aromatic rings. The van der Waals surface area contributed by atoms with Crippen LogP contribution >= 0.6 is 11.6 Å². The number of ether oxygens (including phenoxy) is 2. The van der Waals surface area contributed by atoms with Crippen molar-refractivity contribution in [2.24, 2.45) is 0 Å². The van der Waals surface area contributed by atoms with Gasteiger partial charge in [0.1, 0.15) is 6.61 Å². The lowest BCUT2D eigenvalue weighted by molar-refractivity contribution is -0.142. The summed E-state index contributed by atoms with van der Waals surface area (Å²) < 4.78 is 9.72. The fourth-order valence-electron chi connectivity index (χ4n) is 2.09. The Hall–Kier alpha value is -2.08. The van der Waals surface area contributed by atoms with Crippen molar-refractivity contribution in [3.8, 4) is 0 Å². The van der Waals surface area contributed by atoms with E-state index in [1.165, 1.54) is 14.0 Å². The number of aromatic nitrogens is 2. The molecule has 1 heterocycles. The molecule has 0 aliphatic heterocycles. The van der Waals surface area contributed by atoms with Crippen LogP contribution in [-0.4, -0.2) is 29.2 Å². The van der Waals surface area contributed by atoms with E-state index in [-0.39, 0.29) is 25.0 Å². The molecule has 0 amide bonds. The van der Waals surface area contributed by atoms with Gasteiger partial charge in [-0.2, -0.15) is 5.10 Å². The molecule has 0 atom stereocenters. The van der Waals surface area contributed by atoms with Gasteiger partial charge in [0.25, 0.3) is 0 Å². The van der Waals surface area contributed by atoms with Gasteiger partial charge in [-0.25, -0.2) is 0 Å². The summed E-state index contributed by atoms with van der Waals surface area (Å²) in [5.74, 6) is -0.683. The van der Waals surface area contributed by atoms with Crippen molar-refractivity contribution >= 4 is 34.4 Å². The summed E-state index contributed by atoms with van der Waals surface area (Å²) in [6.07, 6.45) is 2.30. The molecule has 0 spiro atoms. The molecule has 21 heavy (non-hydrogen) atoms. The highest BCUT2D eigenvalue weighted by Gasteiger charge is 2.15. The number of esters is 2. The number of methoxy groups -OCH3 is 1. The Morgan fingerprint density at radius 3 is 2.86 bits per heavy atom. The Bertz CT molecular complexity index is 681. The first-order valence-electron chi connectivity index (χ1n) is 6.36. The Labute approximate surface area is 126 Å². The lowest BCUT2D eigenvalue weighted by Crippen LogP contribution is -2.06. The van der Waals surface area contributed by atoms with Crippen molar-refractivity contribution < 1.29 is 19.1 Å². The summed E-state index contributed by atoms with van der Waals surface area (Å²) in [5.41, 5.74) is 2.31. The normalized spacial score (nSPS) is 10.6. The quantitative estimate of drug-likeness (QED) is 0.858. The third-order valence-electron chi connectivity index (χ3n) is 3.14. The second-order valence-corrected chi connectivity index (χ2v) is 4.92. The molecule has 0 bridgehead atoms. The summed E-state index contributed by atoms with van der Waals surface area (Å²) in [7, 11) is 1.34. The number of carbonyl (C=O) groups excluding carboxylic acids is 2. The van der Waals surface area contributed by atoms with E-state index in [1.807, 2.05) is 0 Å². The van der Waals surface area contributed by atoms with Crippen molar-refractivity contribution in [1.29, 1.82) is 0 Å². The van der Waals surface area contributed by atoms with E-state index in [0.29, 0.717) is 17.0 Å². The third-order valence-corrected chi connectivity index (χ3v) is 3.44. The van der Waals surface area contributed by atoms with Crippen molar-refractivity contribution in [2.75, 3.05) is 7.11 Å². The Morgan fingerprint density at radius 2 is 2.19 bits per heavy atom. The average Bonchev–Trinajstić information content (AvgIpc) is 2.93. The lowest BCUT2D eigenvalue weighted by atomic mass is 10.00. The van der Waals surface area contributed by atoms with Crippen LogP contribution in [0, 0.1) is 0 Å². The number of rotatable bonds is 5. The highest BCUT2D eigenvalue weighted by atomic mass is 35.5. The van der Waals surface area contributed by atoms with Crippen LogP contribution in [-0.2, 0) is 32.1 Å². The predicted octanol–water partition coefficient (Wildman–Crippen LogP) is 2.39. The monoisotopic (exact) mass is 310 g/mol. The lowest BCUT2D eigenvalue weighted by Gasteiger charge is -2.11. The SMILES string of the molecule is COC(=O)CCc1cc(Cl)c2[nH]ncc2c1COC(C)=O. The average molecular weight is 311 g/mol. The first-order chi connectivity index (χ1) is 10.0. The Balaban J connectivity index is 2.38. The maximum Gasteiger partial charge on any atom is 0.305 e. The van der Waals surface area contributed by atoms with Crippen molar-refractivity contribution in [1.82, 2.24) is 10.2 Å². The molecule has 0 radical (unpaired) electrons. The summed E-state index contributed by atoms with van der Waals surface area (Å²) >= 11 is 6.19. The Kier molecular flexibility index (Phi) is 4.80. The van der Waals surface area contributed by atoms with Gasteiger partial charge in [-0.3, -0.25) is 14.7 Å². The molecule has 0 unspecified atom stereocenters. The molecule has 1 N–H and O–H groups in total. The zero-order chi connectivity index (χ0) is 15.4. The number of H-pyrrole nitrogens is 1. The van der Waals surface area contributed by atoms with Crippen LogP contribution in [0.15, 0.2) is 12.3 Å². The number of fused-ring (bicyclic) bond motifs is 1. The van der Waals surface area contributed by atoms with Gasteiger partial charge in [-0.1, -0.05) is 11.6 Å². The molecule has 1 aromatic heterocycles. The van der Waals surface area contributed by atoms with E-state index in [0.717, 1.165) is 16.5 Å². The summed E-state index contributed by atoms with van der Waals surface area (Å²) in [6, 6.07) is 1.75. The van der Waals surface area contributed by atoms with E-state index >= 15 is 0 Å². The number of hydrogen-bond donors (Lipinski definition) is 1. The third kappa shape index (κ3) is 3.52. The predicted molar refractivity (Wildman–Crippen MR) is 76.9 cm³/mol. The molecular formula is C14H15ClN2O4. The molecule has 0 aliphatic rings. The molecule has 1 aromatic carbocycles. The van der Waals surface area contributed by atoms with Gasteiger partial charge >= 0.3 is 11.9 Å². The van der Waals surface area contributed by atoms with E-state index in [2.05, 4.69) is 14.9 Å². The fourth-order valence-corrected chi connectivity index (χ4v) is 2.36. The number of nitrogens with one attached hydrogen (secondary N) is 1. The molecule has 6 nitrogen and oxygen atoms in total. The summed E-state index contributed by atoms with van der Waals surface area (Å²) in [6.45, 7) is 1.45. The van der Waals surface area contributed by atoms with Crippen LogP contribution in [0.2, 0.25) is 5.02 Å². The number of benzene rings is 1. The van der Waals surface area contributed by atoms with Gasteiger partial charge in [-0.15, -0.1) is 0 Å². The number of aromatic amines is 1. The second kappa shape index (κ2) is 6.58. The van der Waals surface area contributed by atoms with Crippen molar-refractivity contribution in [3.05, 3.63) is 28.4 Å². The fraction of sp³-hybridized carbons (Fsp3) is 0.357. The van der Waals surface area contributed by atoms with E-state index in [9.17, 15) is 9.59 Å². The van der Waals surface area contributed by atoms with Crippen LogP contribution in [0.1, 0.15) is 24.5 Å². The molecule has 0 saturated heterocycles. The summed E-state index contributed by atoms with van der Waals surface area (Å²) in [5, 5.41) is 8.06. The van der Waals surface area contributed by atoms with Crippen LogP contribution in [0.4, 0.5) is 0 Å². The number of nitrogens with zero attached hydrogens (tertiary/aromatic N) is 1. The molecule has 112 valence electrons. The van der Waals surface area contributed by atoms with Crippen LogP contribution < -0.4 is 0 Å². The van der Waals surface area contributed by atoms with E-state index < -0.39 is 0 Å². The highest BCUT2D eigenvalue weighted by molar-refractivity contribution is 6.35. The molecular weight excluding hydrogens is 296 g/mol. The van der Waals surface area contributed by atoms with Crippen molar-refractivity contribution in [2.45, 2.75) is 26.4 Å². The maximum atomic E-state index is 11.3. The molecule has 0 fully saturated rings. The zero-order valence-electron chi connectivity index (χ0n) is 11.7. The van der Waals surface area contributed by atoms with Gasteiger partial charge in [0.15, 0.2) is 0 Å². The van der Waals surface area contributed by atoms with E-state index in [1.54, 1.807) is 12.3 Å². The molecule has 2 rings (SSSR count). The van der Waals surface area contributed by atoms with Crippen LogP contribution in [0.5, 0.6) is 0 Å². The molecule has 7 heteroatoms. The minimum Gasteiger partial charge on any atom is -0.469 e. The first kappa shape index (κ1) is 15.3. The van der Waals surface area contributed by atoms with Crippen LogP contribution in [0.3, 0.4) is 0 Å². The number of aryl methyl sites for hydroxylation is 1. The molecule has 0 aliphatic carbocycles. The van der Waals surface area contributed by atoms with Gasteiger partial charge in [-0.05, 0) is 18.1 Å². The number of halogens is 1. The first-order valence-corrected chi connectivity index (χ1v) is 6.74. The molecule has 0 saturated carbocycles. The zero-order valence-corrected chi connectivity index (χ0v) is 12.5. The highest BCUT2D eigenvalue weighted by Crippen LogP contribution is 2.29. The van der Waals surface area contributed by atoms with Gasteiger partial charge in [0.05, 0.1) is 23.8 Å². The van der Waals surface area contributed by atoms with Gasteiger partial charge < -0.3 is 9.47 Å². The number of carbonyl (C=O) groups is 2. The minimum absolute atomic E-state index is 0.110.